The fourth-order valence-corrected chi connectivity index (χ4v) is 2.55. The first-order valence-corrected chi connectivity index (χ1v) is 6.98. The van der Waals surface area contributed by atoms with Gasteiger partial charge >= 0.3 is 0 Å². The van der Waals surface area contributed by atoms with Gasteiger partial charge in [0.25, 0.3) is 0 Å². The molecule has 104 valence electrons. The molecule has 0 aromatic heterocycles. The molecule has 20 heavy (non-hydrogen) atoms. The van der Waals surface area contributed by atoms with E-state index in [1.54, 1.807) is 7.11 Å². The first-order valence-electron chi connectivity index (χ1n) is 6.98. The summed E-state index contributed by atoms with van der Waals surface area (Å²) in [5.74, 6) is 1.60. The number of rotatable bonds is 3. The molecule has 0 spiro atoms. The third kappa shape index (κ3) is 2.72. The zero-order valence-corrected chi connectivity index (χ0v) is 11.6. The number of fused-ring (bicyclic) bond motifs is 1. The third-order valence-electron chi connectivity index (χ3n) is 3.64. The SMILES string of the molecule is COc1ccccc1OC1CCc2ccccc2NC1. The van der Waals surface area contributed by atoms with E-state index in [4.69, 9.17) is 9.47 Å². The van der Waals surface area contributed by atoms with Crippen LogP contribution in [0.1, 0.15) is 12.0 Å². The number of methoxy groups -OCH3 is 1. The summed E-state index contributed by atoms with van der Waals surface area (Å²) in [5, 5.41) is 3.47. The Morgan fingerprint density at radius 2 is 1.75 bits per heavy atom. The quantitative estimate of drug-likeness (QED) is 0.925. The highest BCUT2D eigenvalue weighted by Crippen LogP contribution is 2.29. The molecule has 3 nitrogen and oxygen atoms in total. The average Bonchev–Trinajstić information content (AvgIpc) is 2.71. The van der Waals surface area contributed by atoms with Gasteiger partial charge in [0, 0.05) is 5.69 Å². The minimum Gasteiger partial charge on any atom is -0.493 e. The van der Waals surface area contributed by atoms with Crippen molar-refractivity contribution < 1.29 is 9.47 Å². The maximum absolute atomic E-state index is 6.10. The Balaban J connectivity index is 1.71. The normalized spacial score (nSPS) is 17.6. The lowest BCUT2D eigenvalue weighted by molar-refractivity contribution is 0.197. The molecular formula is C17H19NO2. The summed E-state index contributed by atoms with van der Waals surface area (Å²) in [7, 11) is 1.67. The number of benzene rings is 2. The molecule has 1 N–H and O–H groups in total. The van der Waals surface area contributed by atoms with Crippen molar-refractivity contribution in [3.05, 3.63) is 54.1 Å². The molecule has 0 saturated heterocycles. The van der Waals surface area contributed by atoms with E-state index in [0.29, 0.717) is 0 Å². The molecule has 1 heterocycles. The summed E-state index contributed by atoms with van der Waals surface area (Å²) >= 11 is 0. The Bertz CT molecular complexity index is 556. The van der Waals surface area contributed by atoms with Crippen LogP contribution in [0.25, 0.3) is 0 Å². The number of aryl methyl sites for hydroxylation is 1. The minimum atomic E-state index is 0.152. The van der Waals surface area contributed by atoms with E-state index in [0.717, 1.165) is 30.9 Å². The van der Waals surface area contributed by atoms with E-state index in [2.05, 4.69) is 29.6 Å². The number of nitrogens with one attached hydrogen (secondary N) is 1. The van der Waals surface area contributed by atoms with Gasteiger partial charge in [-0.05, 0) is 36.6 Å². The fourth-order valence-electron chi connectivity index (χ4n) is 2.55. The van der Waals surface area contributed by atoms with Gasteiger partial charge < -0.3 is 14.8 Å². The summed E-state index contributed by atoms with van der Waals surface area (Å²) in [6, 6.07) is 16.2. The van der Waals surface area contributed by atoms with Gasteiger partial charge in [0.1, 0.15) is 6.10 Å². The van der Waals surface area contributed by atoms with Crippen molar-refractivity contribution in [2.24, 2.45) is 0 Å². The molecular weight excluding hydrogens is 250 g/mol. The van der Waals surface area contributed by atoms with Gasteiger partial charge in [-0.15, -0.1) is 0 Å². The molecule has 0 fully saturated rings. The second-order valence-corrected chi connectivity index (χ2v) is 4.97. The average molecular weight is 269 g/mol. The Morgan fingerprint density at radius 3 is 2.60 bits per heavy atom. The smallest absolute Gasteiger partial charge is 0.161 e. The molecule has 0 bridgehead atoms. The first kappa shape index (κ1) is 12.9. The zero-order chi connectivity index (χ0) is 13.8. The fraction of sp³-hybridized carbons (Fsp3) is 0.294. The lowest BCUT2D eigenvalue weighted by atomic mass is 10.1. The van der Waals surface area contributed by atoms with E-state index < -0.39 is 0 Å². The topological polar surface area (TPSA) is 30.5 Å². The van der Waals surface area contributed by atoms with Crippen molar-refractivity contribution >= 4 is 5.69 Å². The van der Waals surface area contributed by atoms with E-state index in [-0.39, 0.29) is 6.10 Å². The van der Waals surface area contributed by atoms with Crippen LogP contribution in [0.2, 0.25) is 0 Å². The standard InChI is InChI=1S/C17H19NO2/c1-19-16-8-4-5-9-17(16)20-14-11-10-13-6-2-3-7-15(13)18-12-14/h2-9,14,18H,10-12H2,1H3. The Morgan fingerprint density at radius 1 is 1.00 bits per heavy atom. The van der Waals surface area contributed by atoms with Crippen LogP contribution < -0.4 is 14.8 Å². The highest BCUT2D eigenvalue weighted by Gasteiger charge is 2.18. The zero-order valence-electron chi connectivity index (χ0n) is 11.6. The monoisotopic (exact) mass is 269 g/mol. The van der Waals surface area contributed by atoms with Crippen molar-refractivity contribution in [1.29, 1.82) is 0 Å². The molecule has 0 aliphatic carbocycles. The van der Waals surface area contributed by atoms with Crippen LogP contribution in [0.4, 0.5) is 5.69 Å². The molecule has 0 radical (unpaired) electrons. The van der Waals surface area contributed by atoms with E-state index in [1.807, 2.05) is 24.3 Å². The van der Waals surface area contributed by atoms with E-state index >= 15 is 0 Å². The number of hydrogen-bond acceptors (Lipinski definition) is 3. The van der Waals surface area contributed by atoms with Crippen molar-refractivity contribution in [3.8, 4) is 11.5 Å². The summed E-state index contributed by atoms with van der Waals surface area (Å²) in [5.41, 5.74) is 2.58. The molecule has 0 saturated carbocycles. The number of para-hydroxylation sites is 3. The summed E-state index contributed by atoms with van der Waals surface area (Å²) in [6.07, 6.45) is 2.18. The number of hydrogen-bond donors (Lipinski definition) is 1. The van der Waals surface area contributed by atoms with Crippen LogP contribution in [-0.4, -0.2) is 19.8 Å². The second kappa shape index (κ2) is 5.87. The minimum absolute atomic E-state index is 0.152. The molecule has 1 atom stereocenters. The predicted molar refractivity (Wildman–Crippen MR) is 80.7 cm³/mol. The van der Waals surface area contributed by atoms with Crippen LogP contribution in [0.15, 0.2) is 48.5 Å². The van der Waals surface area contributed by atoms with Crippen molar-refractivity contribution in [2.45, 2.75) is 18.9 Å². The molecule has 2 aromatic rings. The van der Waals surface area contributed by atoms with Crippen LogP contribution in [0.3, 0.4) is 0 Å². The molecule has 2 aromatic carbocycles. The molecule has 3 rings (SSSR count). The number of anilines is 1. The molecule has 3 heteroatoms. The van der Waals surface area contributed by atoms with Crippen molar-refractivity contribution in [1.82, 2.24) is 0 Å². The van der Waals surface area contributed by atoms with Gasteiger partial charge in [0.05, 0.1) is 13.7 Å². The second-order valence-electron chi connectivity index (χ2n) is 4.97. The Labute approximate surface area is 119 Å². The van der Waals surface area contributed by atoms with Crippen LogP contribution in [0, 0.1) is 0 Å². The van der Waals surface area contributed by atoms with Crippen LogP contribution in [-0.2, 0) is 6.42 Å². The molecule has 0 amide bonds. The van der Waals surface area contributed by atoms with Gasteiger partial charge in [0.15, 0.2) is 11.5 Å². The van der Waals surface area contributed by atoms with Gasteiger partial charge in [-0.25, -0.2) is 0 Å². The molecule has 1 aliphatic heterocycles. The lowest BCUT2D eigenvalue weighted by Crippen LogP contribution is -2.25. The predicted octanol–water partition coefficient (Wildman–Crippen LogP) is 3.50. The highest BCUT2D eigenvalue weighted by atomic mass is 16.5. The molecule has 1 aliphatic rings. The Hall–Kier alpha value is -2.16. The lowest BCUT2D eigenvalue weighted by Gasteiger charge is -2.19. The third-order valence-corrected chi connectivity index (χ3v) is 3.64. The summed E-state index contributed by atoms with van der Waals surface area (Å²) in [6.45, 7) is 0.815. The largest absolute Gasteiger partial charge is 0.493 e. The highest BCUT2D eigenvalue weighted by molar-refractivity contribution is 5.52. The molecule has 1 unspecified atom stereocenters. The Kier molecular flexibility index (Phi) is 3.77. The first-order chi connectivity index (χ1) is 9.86. The summed E-state index contributed by atoms with van der Waals surface area (Å²) in [4.78, 5) is 0. The summed E-state index contributed by atoms with van der Waals surface area (Å²) < 4.78 is 11.4. The van der Waals surface area contributed by atoms with Crippen LogP contribution >= 0.6 is 0 Å². The maximum atomic E-state index is 6.10. The van der Waals surface area contributed by atoms with Crippen molar-refractivity contribution in [2.75, 3.05) is 19.0 Å². The van der Waals surface area contributed by atoms with Crippen molar-refractivity contribution in [3.63, 3.8) is 0 Å². The number of ether oxygens (including phenoxy) is 2. The van der Waals surface area contributed by atoms with E-state index in [9.17, 15) is 0 Å². The van der Waals surface area contributed by atoms with Crippen LogP contribution in [0.5, 0.6) is 11.5 Å². The maximum Gasteiger partial charge on any atom is 0.161 e. The van der Waals surface area contributed by atoms with Gasteiger partial charge in [-0.1, -0.05) is 30.3 Å². The van der Waals surface area contributed by atoms with Gasteiger partial charge in [-0.2, -0.15) is 0 Å². The van der Waals surface area contributed by atoms with E-state index in [1.165, 1.54) is 11.3 Å². The van der Waals surface area contributed by atoms with Gasteiger partial charge in [-0.3, -0.25) is 0 Å². The van der Waals surface area contributed by atoms with Gasteiger partial charge in [0.2, 0.25) is 0 Å².